The predicted octanol–water partition coefficient (Wildman–Crippen LogP) is 2.14. The Morgan fingerprint density at radius 2 is 1.80 bits per heavy atom. The molecule has 2 amide bonds. The van der Waals surface area contributed by atoms with E-state index in [0.717, 1.165) is 6.08 Å². The zero-order chi connectivity index (χ0) is 33.1. The minimum atomic E-state index is -0.963. The molecule has 6 atom stereocenters. The molecule has 0 aromatic carbocycles. The van der Waals surface area contributed by atoms with Crippen LogP contribution in [0.15, 0.2) is 46.3 Å². The number of allylic oxidation sites excluding steroid dienone is 3. The summed E-state index contributed by atoms with van der Waals surface area (Å²) < 4.78 is 16.8. The predicted molar refractivity (Wildman–Crippen MR) is 166 cm³/mol. The number of ketones is 2. The number of nitrogens with one attached hydrogen (secondary N) is 2. The van der Waals surface area contributed by atoms with Crippen LogP contribution in [-0.4, -0.2) is 99.4 Å². The van der Waals surface area contributed by atoms with E-state index in [4.69, 9.17) is 19.9 Å². The fourth-order valence-electron chi connectivity index (χ4n) is 5.49. The lowest BCUT2D eigenvalue weighted by Gasteiger charge is -2.30. The molecule has 0 spiro atoms. The molecular formula is C32H50N4O8. The number of likely N-dealkylation sites (N-methyl/N-ethyl adjacent to an activating group) is 1. The second-order valence-corrected chi connectivity index (χ2v) is 12.0. The highest BCUT2D eigenvalue weighted by Crippen LogP contribution is 2.29. The van der Waals surface area contributed by atoms with Gasteiger partial charge in [-0.15, -0.1) is 0 Å². The standard InChI is InChI=1S/C32H50N4O8/c1-18-14-22-27(34-12-13-36(5)6)24(37)17-23(29(22)39)35-31(40)19(2)10-9-11-25(42-7)30(44-32(33)41)21(4)16-20(3)28(38)26(15-18)43-8/h10,16-18,20,25-26,28,30,34,38H,9,11-15H2,1-8H3,(H2,33,41)(H,35,40)/b19-10+,21-16+. The summed E-state index contributed by atoms with van der Waals surface area (Å²) in [7, 11) is 6.81. The van der Waals surface area contributed by atoms with Crippen molar-refractivity contribution in [1.29, 1.82) is 0 Å². The Bertz CT molecular complexity index is 1190. The quantitative estimate of drug-likeness (QED) is 0.245. The molecule has 0 aromatic rings. The van der Waals surface area contributed by atoms with Gasteiger partial charge in [0.05, 0.1) is 29.7 Å². The van der Waals surface area contributed by atoms with E-state index in [-0.39, 0.29) is 29.3 Å². The minimum absolute atomic E-state index is 0.0903. The van der Waals surface area contributed by atoms with Crippen molar-refractivity contribution in [2.24, 2.45) is 17.6 Å². The van der Waals surface area contributed by atoms with Gasteiger partial charge < -0.3 is 40.6 Å². The molecule has 12 nitrogen and oxygen atoms in total. The summed E-state index contributed by atoms with van der Waals surface area (Å²) in [5.41, 5.74) is 6.77. The van der Waals surface area contributed by atoms with Crippen molar-refractivity contribution in [3.8, 4) is 0 Å². The number of fused-ring (bicyclic) bond motifs is 2. The summed E-state index contributed by atoms with van der Waals surface area (Å²) in [6.45, 7) is 8.22. The molecule has 12 heteroatoms. The smallest absolute Gasteiger partial charge is 0.405 e. The molecule has 44 heavy (non-hydrogen) atoms. The maximum atomic E-state index is 13.7. The second kappa shape index (κ2) is 17.2. The van der Waals surface area contributed by atoms with Crippen molar-refractivity contribution in [2.75, 3.05) is 41.4 Å². The first-order valence-corrected chi connectivity index (χ1v) is 15.0. The highest BCUT2D eigenvalue weighted by Gasteiger charge is 2.33. The van der Waals surface area contributed by atoms with Crippen LogP contribution in [0.5, 0.6) is 0 Å². The number of rotatable bonds is 7. The van der Waals surface area contributed by atoms with E-state index in [1.165, 1.54) is 14.2 Å². The Morgan fingerprint density at radius 1 is 1.14 bits per heavy atom. The van der Waals surface area contributed by atoms with Gasteiger partial charge in [-0.25, -0.2) is 4.79 Å². The van der Waals surface area contributed by atoms with Crippen molar-refractivity contribution in [2.45, 2.75) is 77.8 Å². The average Bonchev–Trinajstić information content (AvgIpc) is 2.95. The molecule has 1 aliphatic heterocycles. The third-order valence-corrected chi connectivity index (χ3v) is 7.98. The van der Waals surface area contributed by atoms with Crippen LogP contribution in [-0.2, 0) is 28.6 Å². The van der Waals surface area contributed by atoms with Gasteiger partial charge in [-0.2, -0.15) is 0 Å². The molecule has 0 saturated heterocycles. The van der Waals surface area contributed by atoms with Gasteiger partial charge in [0, 0.05) is 50.4 Å². The number of primary amides is 1. The van der Waals surface area contributed by atoms with Crippen molar-refractivity contribution in [3.63, 3.8) is 0 Å². The number of aliphatic hydroxyl groups excluding tert-OH is 1. The summed E-state index contributed by atoms with van der Waals surface area (Å²) in [5.74, 6) is -1.95. The van der Waals surface area contributed by atoms with Crippen LogP contribution in [0.4, 0.5) is 4.79 Å². The van der Waals surface area contributed by atoms with E-state index < -0.39 is 53.9 Å². The first kappa shape index (κ1) is 36.9. The molecule has 246 valence electrons. The third kappa shape index (κ3) is 10.4. The molecule has 2 aliphatic rings. The van der Waals surface area contributed by atoms with Crippen LogP contribution in [0, 0.1) is 11.8 Å². The van der Waals surface area contributed by atoms with Gasteiger partial charge in [0.15, 0.2) is 6.10 Å². The Kier molecular flexibility index (Phi) is 14.4. The number of nitrogens with zero attached hydrogens (tertiary/aromatic N) is 1. The van der Waals surface area contributed by atoms with E-state index in [1.54, 1.807) is 26.0 Å². The van der Waals surface area contributed by atoms with Gasteiger partial charge in [0.25, 0.3) is 5.91 Å². The Labute approximate surface area is 260 Å². The molecular weight excluding hydrogens is 568 g/mol. The summed E-state index contributed by atoms with van der Waals surface area (Å²) in [5, 5.41) is 17.1. The topological polar surface area (TPSA) is 170 Å². The molecule has 2 bridgehead atoms. The SMILES string of the molecule is COC1CC/C=C(\C)C(=O)NC2=CC(=O)C(NCCN(C)C)=C(CC(C)CC(OC)C(O)C(C)/C=C(\C)C1OC(N)=O)C2=O. The number of ether oxygens (including phenoxy) is 3. The van der Waals surface area contributed by atoms with Crippen LogP contribution in [0.1, 0.15) is 53.4 Å². The normalized spacial score (nSPS) is 30.6. The molecule has 0 radical (unpaired) electrons. The zero-order valence-corrected chi connectivity index (χ0v) is 27.3. The lowest BCUT2D eigenvalue weighted by molar-refractivity contribution is -0.120. The van der Waals surface area contributed by atoms with Crippen LogP contribution in [0.3, 0.4) is 0 Å². The third-order valence-electron chi connectivity index (χ3n) is 7.98. The number of carbonyl (C=O) groups is 4. The second-order valence-electron chi connectivity index (χ2n) is 12.0. The molecule has 0 saturated carbocycles. The summed E-state index contributed by atoms with van der Waals surface area (Å²) in [6.07, 6.45) is 2.06. The van der Waals surface area contributed by atoms with Gasteiger partial charge >= 0.3 is 6.09 Å². The molecule has 2 rings (SSSR count). The van der Waals surface area contributed by atoms with Crippen molar-refractivity contribution in [3.05, 3.63) is 46.3 Å². The lowest BCUT2D eigenvalue weighted by atomic mass is 9.85. The molecule has 1 aliphatic carbocycles. The lowest BCUT2D eigenvalue weighted by Crippen LogP contribution is -2.38. The maximum absolute atomic E-state index is 13.7. The zero-order valence-electron chi connectivity index (χ0n) is 27.3. The van der Waals surface area contributed by atoms with E-state index in [2.05, 4.69) is 10.6 Å². The van der Waals surface area contributed by atoms with Crippen LogP contribution >= 0.6 is 0 Å². The largest absolute Gasteiger partial charge is 0.439 e. The minimum Gasteiger partial charge on any atom is -0.439 e. The van der Waals surface area contributed by atoms with Crippen molar-refractivity contribution in [1.82, 2.24) is 15.5 Å². The number of hydrogen-bond acceptors (Lipinski definition) is 10. The van der Waals surface area contributed by atoms with Crippen LogP contribution in [0.2, 0.25) is 0 Å². The molecule has 5 N–H and O–H groups in total. The molecule has 6 unspecified atom stereocenters. The summed E-state index contributed by atoms with van der Waals surface area (Å²) in [4.78, 5) is 53.8. The highest BCUT2D eigenvalue weighted by atomic mass is 16.6. The number of Topliss-reactive ketones (excluding diaryl/α,β-unsaturated/α-hetero) is 1. The first-order chi connectivity index (χ1) is 20.7. The number of hydrogen-bond donors (Lipinski definition) is 4. The van der Waals surface area contributed by atoms with Crippen LogP contribution < -0.4 is 16.4 Å². The summed E-state index contributed by atoms with van der Waals surface area (Å²) >= 11 is 0. The average molecular weight is 619 g/mol. The van der Waals surface area contributed by atoms with E-state index in [0.29, 0.717) is 43.5 Å². The van der Waals surface area contributed by atoms with Gasteiger partial charge in [-0.3, -0.25) is 14.4 Å². The highest BCUT2D eigenvalue weighted by molar-refractivity contribution is 6.23. The Hall–Kier alpha value is -3.32. The number of amides is 2. The van der Waals surface area contributed by atoms with E-state index in [1.807, 2.05) is 32.8 Å². The van der Waals surface area contributed by atoms with Gasteiger partial charge in [-0.1, -0.05) is 26.0 Å². The fourth-order valence-corrected chi connectivity index (χ4v) is 5.49. The molecule has 0 fully saturated rings. The number of carbonyl (C=O) groups excluding carboxylic acids is 4. The van der Waals surface area contributed by atoms with Gasteiger partial charge in [0.2, 0.25) is 11.6 Å². The molecule has 0 aromatic heterocycles. The molecule has 1 heterocycles. The Morgan fingerprint density at radius 3 is 2.39 bits per heavy atom. The Balaban J connectivity index is 2.55. The van der Waals surface area contributed by atoms with Crippen molar-refractivity contribution >= 4 is 23.6 Å². The van der Waals surface area contributed by atoms with Gasteiger partial charge in [-0.05, 0) is 65.1 Å². The number of aliphatic hydroxyl groups is 1. The fraction of sp³-hybridized carbons (Fsp3) is 0.625. The number of nitrogens with two attached hydrogens (primary N) is 1. The van der Waals surface area contributed by atoms with E-state index in [9.17, 15) is 24.3 Å². The maximum Gasteiger partial charge on any atom is 0.405 e. The monoisotopic (exact) mass is 618 g/mol. The summed E-state index contributed by atoms with van der Waals surface area (Å²) in [6, 6.07) is 0. The number of methoxy groups -OCH3 is 2. The van der Waals surface area contributed by atoms with Crippen molar-refractivity contribution < 1.29 is 38.5 Å². The van der Waals surface area contributed by atoms with E-state index >= 15 is 0 Å². The first-order valence-electron chi connectivity index (χ1n) is 15.0. The van der Waals surface area contributed by atoms with Crippen LogP contribution in [0.25, 0.3) is 0 Å². The van der Waals surface area contributed by atoms with Gasteiger partial charge in [0.1, 0.15) is 0 Å².